The molecule has 0 aliphatic carbocycles. The minimum atomic E-state index is -2.46. The summed E-state index contributed by atoms with van der Waals surface area (Å²) < 4.78 is 48.8. The van der Waals surface area contributed by atoms with Crippen LogP contribution in [0, 0.1) is 27.6 Å². The number of rotatable bonds is 2. The molecule has 0 unspecified atom stereocenters. The van der Waals surface area contributed by atoms with Crippen molar-refractivity contribution in [3.8, 4) is 22.4 Å². The van der Waals surface area contributed by atoms with Crippen LogP contribution in [0.3, 0.4) is 0 Å². The molecule has 0 aliphatic heterocycles. The van der Waals surface area contributed by atoms with Crippen LogP contribution in [0.1, 0.15) is 29.1 Å². The largest absolute Gasteiger partial charge is 0.455 e. The van der Waals surface area contributed by atoms with Crippen LogP contribution >= 0.6 is 0 Å². The van der Waals surface area contributed by atoms with Gasteiger partial charge in [-0.1, -0.05) is 42.5 Å². The second-order valence-corrected chi connectivity index (χ2v) is 7.86. The molecule has 2 aromatic heterocycles. The maximum Gasteiger partial charge on any atom is 0.212 e. The third-order valence-corrected chi connectivity index (χ3v) is 5.89. The molecule has 0 N–H and O–H groups in total. The molecule has 0 saturated carbocycles. The summed E-state index contributed by atoms with van der Waals surface area (Å²) in [6, 6.07) is 18.2. The highest BCUT2D eigenvalue weighted by molar-refractivity contribution is 6.12. The van der Waals surface area contributed by atoms with Crippen molar-refractivity contribution in [2.75, 3.05) is 0 Å². The van der Waals surface area contributed by atoms with Crippen LogP contribution in [-0.4, -0.2) is 0 Å². The number of nitrogens with zero attached hydrogens (tertiary/aromatic N) is 1. The standard InChI is InChI=1S/C28H26NO/c1-17-11-12-23-27-20(4)22(24-15-18(2)19(3)16-29(24)5)13-14-25(27)30-28(23)26(17)21-9-7-6-8-10-21/h6-16H,1-5H3/q+1/i3D3,15D,16D. The van der Waals surface area contributed by atoms with Gasteiger partial charge >= 0.3 is 0 Å². The molecule has 0 atom stereocenters. The molecule has 30 heavy (non-hydrogen) atoms. The Hall–Kier alpha value is -3.39. The van der Waals surface area contributed by atoms with Crippen LogP contribution in [0.5, 0.6) is 0 Å². The molecular formula is C28H26NO+. The molecule has 3 aromatic carbocycles. The fourth-order valence-corrected chi connectivity index (χ4v) is 4.30. The average molecular weight is 398 g/mol. The first kappa shape index (κ1) is 13.8. The monoisotopic (exact) mass is 397 g/mol. The Balaban J connectivity index is 1.83. The molecule has 2 nitrogen and oxygen atoms in total. The Morgan fingerprint density at radius 1 is 0.900 bits per heavy atom. The summed E-state index contributed by atoms with van der Waals surface area (Å²) in [5.74, 6) is 0. The number of hydrogen-bond donors (Lipinski definition) is 0. The van der Waals surface area contributed by atoms with Crippen molar-refractivity contribution < 1.29 is 15.8 Å². The van der Waals surface area contributed by atoms with Crippen molar-refractivity contribution >= 4 is 21.9 Å². The van der Waals surface area contributed by atoms with Crippen LogP contribution in [0.15, 0.2) is 71.2 Å². The molecule has 0 bridgehead atoms. The lowest BCUT2D eigenvalue weighted by atomic mass is 9.94. The van der Waals surface area contributed by atoms with E-state index < -0.39 is 6.85 Å². The molecule has 0 saturated heterocycles. The quantitative estimate of drug-likeness (QED) is 0.294. The summed E-state index contributed by atoms with van der Waals surface area (Å²) in [6.45, 7) is 3.22. The Kier molecular flexibility index (Phi) is 3.14. The van der Waals surface area contributed by atoms with Crippen molar-refractivity contribution in [3.05, 3.63) is 89.1 Å². The van der Waals surface area contributed by atoms with E-state index in [1.807, 2.05) is 37.3 Å². The van der Waals surface area contributed by atoms with Gasteiger partial charge in [-0.15, -0.1) is 0 Å². The van der Waals surface area contributed by atoms with E-state index in [4.69, 9.17) is 11.3 Å². The van der Waals surface area contributed by atoms with Gasteiger partial charge in [-0.3, -0.25) is 0 Å². The molecule has 5 aromatic rings. The van der Waals surface area contributed by atoms with Crippen LogP contribution in [0.4, 0.5) is 0 Å². The second kappa shape index (κ2) is 6.84. The molecule has 0 aliphatic rings. The zero-order valence-electron chi connectivity index (χ0n) is 22.6. The second-order valence-electron chi connectivity index (χ2n) is 7.86. The summed E-state index contributed by atoms with van der Waals surface area (Å²) in [6.07, 6.45) is -0.105. The van der Waals surface area contributed by atoms with Crippen molar-refractivity contribution in [1.29, 1.82) is 0 Å². The van der Waals surface area contributed by atoms with Gasteiger partial charge in [-0.05, 0) is 62.0 Å². The van der Waals surface area contributed by atoms with Crippen LogP contribution in [0.2, 0.25) is 0 Å². The van der Waals surface area contributed by atoms with Crippen LogP contribution < -0.4 is 4.57 Å². The first-order chi connectivity index (χ1) is 16.5. The minimum absolute atomic E-state index is 0.0794. The van der Waals surface area contributed by atoms with Gasteiger partial charge in [-0.2, -0.15) is 0 Å². The van der Waals surface area contributed by atoms with E-state index >= 15 is 0 Å². The fourth-order valence-electron chi connectivity index (χ4n) is 4.30. The normalized spacial score (nSPS) is 14.3. The molecule has 0 radical (unpaired) electrons. The van der Waals surface area contributed by atoms with Crippen LogP contribution in [-0.2, 0) is 7.05 Å². The highest BCUT2D eigenvalue weighted by Gasteiger charge is 2.20. The Labute approximate surface area is 184 Å². The van der Waals surface area contributed by atoms with Gasteiger partial charge in [-0.25, -0.2) is 4.57 Å². The first-order valence-electron chi connectivity index (χ1n) is 12.5. The molecule has 0 fully saturated rings. The SMILES string of the molecule is [2H]c1c(C)c(C([2H])([2H])[2H])c([2H])[n+](C)c1-c1ccc2oc3c(-c4ccccc4)c(C)ccc3c2c1C. The summed E-state index contributed by atoms with van der Waals surface area (Å²) in [7, 11) is 1.65. The zero-order chi connectivity index (χ0) is 25.2. The molecular weight excluding hydrogens is 366 g/mol. The summed E-state index contributed by atoms with van der Waals surface area (Å²) in [5.41, 5.74) is 7.28. The number of pyridine rings is 1. The minimum Gasteiger partial charge on any atom is -0.455 e. The van der Waals surface area contributed by atoms with Crippen molar-refractivity contribution in [2.24, 2.45) is 7.05 Å². The Bertz CT molecular complexity index is 1600. The lowest BCUT2D eigenvalue weighted by molar-refractivity contribution is -0.660. The number of fused-ring (bicyclic) bond motifs is 3. The molecule has 2 heteroatoms. The average Bonchev–Trinajstić information content (AvgIpc) is 3.18. The number of aryl methyl sites for hydroxylation is 2. The van der Waals surface area contributed by atoms with Gasteiger partial charge in [0.2, 0.25) is 5.69 Å². The van der Waals surface area contributed by atoms with E-state index in [9.17, 15) is 0 Å². The van der Waals surface area contributed by atoms with Crippen molar-refractivity contribution in [3.63, 3.8) is 0 Å². The van der Waals surface area contributed by atoms with E-state index in [0.717, 1.165) is 49.8 Å². The highest BCUT2D eigenvalue weighted by Crippen LogP contribution is 2.41. The Morgan fingerprint density at radius 2 is 1.70 bits per heavy atom. The Morgan fingerprint density at radius 3 is 2.47 bits per heavy atom. The number of furan rings is 1. The number of hydrogen-bond acceptors (Lipinski definition) is 1. The first-order valence-corrected chi connectivity index (χ1v) is 10.0. The third kappa shape index (κ3) is 2.75. The molecule has 0 spiro atoms. The molecule has 5 rings (SSSR count). The van der Waals surface area contributed by atoms with Gasteiger partial charge in [0.25, 0.3) is 0 Å². The van der Waals surface area contributed by atoms with E-state index in [0.29, 0.717) is 11.3 Å². The van der Waals surface area contributed by atoms with E-state index in [1.165, 1.54) is 4.57 Å². The van der Waals surface area contributed by atoms with Gasteiger partial charge in [0.15, 0.2) is 6.17 Å². The molecule has 2 heterocycles. The van der Waals surface area contributed by atoms with Gasteiger partial charge in [0, 0.05) is 37.6 Å². The maximum atomic E-state index is 8.82. The van der Waals surface area contributed by atoms with E-state index in [2.05, 4.69) is 31.2 Å². The van der Waals surface area contributed by atoms with Crippen LogP contribution in [0.25, 0.3) is 44.3 Å². The smallest absolute Gasteiger partial charge is 0.212 e. The zero-order valence-corrected chi connectivity index (χ0v) is 17.6. The topological polar surface area (TPSA) is 17.0 Å². The van der Waals surface area contributed by atoms with Gasteiger partial charge in [0.1, 0.15) is 19.6 Å². The third-order valence-electron chi connectivity index (χ3n) is 5.89. The number of aromatic nitrogens is 1. The lowest BCUT2D eigenvalue weighted by Crippen LogP contribution is -2.31. The fraction of sp³-hybridized carbons (Fsp3) is 0.179. The lowest BCUT2D eigenvalue weighted by Gasteiger charge is -2.08. The highest BCUT2D eigenvalue weighted by atomic mass is 16.3. The summed E-state index contributed by atoms with van der Waals surface area (Å²) in [4.78, 5) is 0. The van der Waals surface area contributed by atoms with Gasteiger partial charge < -0.3 is 4.42 Å². The van der Waals surface area contributed by atoms with Crippen molar-refractivity contribution in [1.82, 2.24) is 0 Å². The van der Waals surface area contributed by atoms with E-state index in [1.54, 1.807) is 14.0 Å². The maximum absolute atomic E-state index is 8.82. The van der Waals surface area contributed by atoms with Gasteiger partial charge in [0.05, 0.1) is 1.37 Å². The van der Waals surface area contributed by atoms with Crippen molar-refractivity contribution in [2.45, 2.75) is 27.6 Å². The number of benzene rings is 3. The summed E-state index contributed by atoms with van der Waals surface area (Å²) in [5, 5.41) is 1.94. The predicted molar refractivity (Wildman–Crippen MR) is 125 cm³/mol. The van der Waals surface area contributed by atoms with E-state index in [-0.39, 0.29) is 17.8 Å². The summed E-state index contributed by atoms with van der Waals surface area (Å²) >= 11 is 0. The molecule has 0 amide bonds. The molecule has 148 valence electrons. The predicted octanol–water partition coefficient (Wildman–Crippen LogP) is 6.98.